The van der Waals surface area contributed by atoms with Gasteiger partial charge in [-0.2, -0.15) is 5.10 Å². The van der Waals surface area contributed by atoms with Crippen LogP contribution in [-0.2, 0) is 19.3 Å². The lowest BCUT2D eigenvalue weighted by Gasteiger charge is -2.16. The Morgan fingerprint density at radius 2 is 1.94 bits per heavy atom. The maximum atomic E-state index is 14.2. The molecule has 4 rings (SSSR count). The van der Waals surface area contributed by atoms with Crippen LogP contribution in [0, 0.1) is 12.7 Å². The Kier molecular flexibility index (Phi) is 7.30. The third-order valence-corrected chi connectivity index (χ3v) is 6.80. The number of nitrogens with one attached hydrogen (secondary N) is 1. The van der Waals surface area contributed by atoms with Crippen LogP contribution in [0.4, 0.5) is 4.39 Å². The van der Waals surface area contributed by atoms with Crippen molar-refractivity contribution < 1.29 is 9.18 Å². The van der Waals surface area contributed by atoms with Gasteiger partial charge < -0.3 is 9.88 Å². The Balaban J connectivity index is 1.64. The number of H-pyrrole nitrogens is 1. The van der Waals surface area contributed by atoms with E-state index >= 15 is 0 Å². The van der Waals surface area contributed by atoms with E-state index in [0.717, 1.165) is 16.8 Å². The van der Waals surface area contributed by atoms with E-state index in [4.69, 9.17) is 23.2 Å². The molecule has 0 aliphatic heterocycles. The standard InChI is InChI=1S/C24H22Cl2FN5OS/c1-14-16(12-32(3)30-14)11-31(2)23(33)22-21(15-7-9-17(25)10-8-15)28-24(29-22)34-13-18-19(26)5-4-6-20(18)27/h4-10,12H,11,13H2,1-3H3,(H,28,29). The van der Waals surface area contributed by atoms with Gasteiger partial charge in [-0.1, -0.05) is 53.2 Å². The van der Waals surface area contributed by atoms with Gasteiger partial charge in [-0.15, -0.1) is 0 Å². The van der Waals surface area contributed by atoms with E-state index < -0.39 is 0 Å². The molecule has 0 aliphatic rings. The molecule has 2 aromatic carbocycles. The molecule has 34 heavy (non-hydrogen) atoms. The number of rotatable bonds is 7. The van der Waals surface area contributed by atoms with E-state index in [-0.39, 0.29) is 17.5 Å². The lowest BCUT2D eigenvalue weighted by molar-refractivity contribution is 0.0780. The fourth-order valence-corrected chi connectivity index (χ4v) is 4.86. The summed E-state index contributed by atoms with van der Waals surface area (Å²) in [5.41, 5.74) is 3.78. The van der Waals surface area contributed by atoms with Crippen molar-refractivity contribution in [2.75, 3.05) is 7.05 Å². The number of aromatic nitrogens is 4. The van der Waals surface area contributed by atoms with E-state index in [1.165, 1.54) is 17.8 Å². The molecular weight excluding hydrogens is 496 g/mol. The highest BCUT2D eigenvalue weighted by Gasteiger charge is 2.23. The first kappa shape index (κ1) is 24.3. The number of imidazole rings is 1. The molecule has 0 atom stereocenters. The van der Waals surface area contributed by atoms with Crippen LogP contribution in [0.5, 0.6) is 0 Å². The minimum atomic E-state index is -0.382. The maximum Gasteiger partial charge on any atom is 0.272 e. The normalized spacial score (nSPS) is 11.1. The molecular formula is C24H22Cl2FN5OS. The number of thioether (sulfide) groups is 1. The Bertz CT molecular complexity index is 1320. The zero-order valence-corrected chi connectivity index (χ0v) is 21.1. The van der Waals surface area contributed by atoms with Gasteiger partial charge in [-0.05, 0) is 31.2 Å². The largest absolute Gasteiger partial charge is 0.336 e. The Labute approximate surface area is 211 Å². The van der Waals surface area contributed by atoms with Crippen LogP contribution in [0.3, 0.4) is 0 Å². The van der Waals surface area contributed by atoms with Crippen molar-refractivity contribution in [1.29, 1.82) is 0 Å². The number of halogens is 3. The molecule has 10 heteroatoms. The van der Waals surface area contributed by atoms with Crippen molar-refractivity contribution in [3.05, 3.63) is 87.0 Å². The van der Waals surface area contributed by atoms with Gasteiger partial charge >= 0.3 is 0 Å². The van der Waals surface area contributed by atoms with Gasteiger partial charge in [0, 0.05) is 59.3 Å². The predicted molar refractivity (Wildman–Crippen MR) is 134 cm³/mol. The molecule has 0 bridgehead atoms. The van der Waals surface area contributed by atoms with Crippen molar-refractivity contribution in [1.82, 2.24) is 24.6 Å². The second-order valence-corrected chi connectivity index (χ2v) is 9.64. The molecule has 4 aromatic rings. The van der Waals surface area contributed by atoms with Gasteiger partial charge in [0.2, 0.25) is 0 Å². The SMILES string of the molecule is Cc1nn(C)cc1CN(C)C(=O)c1[nH]c(SCc2c(F)cccc2Cl)nc1-c1ccc(Cl)cc1. The molecule has 0 spiro atoms. The summed E-state index contributed by atoms with van der Waals surface area (Å²) in [5, 5.41) is 5.76. The third-order valence-electron chi connectivity index (χ3n) is 5.30. The van der Waals surface area contributed by atoms with Crippen molar-refractivity contribution in [3.8, 4) is 11.3 Å². The van der Waals surface area contributed by atoms with E-state index in [0.29, 0.717) is 38.7 Å². The molecule has 0 aliphatic carbocycles. The van der Waals surface area contributed by atoms with Crippen LogP contribution in [0.25, 0.3) is 11.3 Å². The zero-order valence-electron chi connectivity index (χ0n) is 18.8. The number of hydrogen-bond acceptors (Lipinski definition) is 4. The number of carbonyl (C=O) groups is 1. The highest BCUT2D eigenvalue weighted by molar-refractivity contribution is 7.98. The average molecular weight is 518 g/mol. The van der Waals surface area contributed by atoms with Crippen LogP contribution in [0.15, 0.2) is 53.8 Å². The van der Waals surface area contributed by atoms with Gasteiger partial charge in [-0.25, -0.2) is 9.37 Å². The van der Waals surface area contributed by atoms with Crippen LogP contribution < -0.4 is 0 Å². The smallest absolute Gasteiger partial charge is 0.272 e. The molecule has 6 nitrogen and oxygen atoms in total. The summed E-state index contributed by atoms with van der Waals surface area (Å²) >= 11 is 13.5. The zero-order chi connectivity index (χ0) is 24.4. The second kappa shape index (κ2) is 10.2. The molecule has 2 aromatic heterocycles. The molecule has 1 amide bonds. The monoisotopic (exact) mass is 517 g/mol. The summed E-state index contributed by atoms with van der Waals surface area (Å²) in [7, 11) is 3.57. The van der Waals surface area contributed by atoms with Gasteiger partial charge in [0.1, 0.15) is 17.2 Å². The minimum Gasteiger partial charge on any atom is -0.336 e. The fraction of sp³-hybridized carbons (Fsp3) is 0.208. The number of benzene rings is 2. The molecule has 2 heterocycles. The second-order valence-electron chi connectivity index (χ2n) is 7.84. The molecule has 0 radical (unpaired) electrons. The highest BCUT2D eigenvalue weighted by Crippen LogP contribution is 2.31. The lowest BCUT2D eigenvalue weighted by atomic mass is 10.1. The predicted octanol–water partition coefficient (Wildman–Crippen LogP) is 6.13. The van der Waals surface area contributed by atoms with E-state index in [9.17, 15) is 9.18 Å². The maximum absolute atomic E-state index is 14.2. The van der Waals surface area contributed by atoms with Crippen LogP contribution in [-0.4, -0.2) is 37.6 Å². The number of carbonyl (C=O) groups excluding carboxylic acids is 1. The Morgan fingerprint density at radius 1 is 1.21 bits per heavy atom. The first-order valence-electron chi connectivity index (χ1n) is 10.4. The quantitative estimate of drug-likeness (QED) is 0.299. The summed E-state index contributed by atoms with van der Waals surface area (Å²) in [4.78, 5) is 22.8. The van der Waals surface area contributed by atoms with E-state index in [2.05, 4.69) is 15.1 Å². The van der Waals surface area contributed by atoms with E-state index in [1.54, 1.807) is 40.9 Å². The molecule has 0 saturated heterocycles. The Hall–Kier alpha value is -2.81. The van der Waals surface area contributed by atoms with Crippen LogP contribution >= 0.6 is 35.0 Å². The van der Waals surface area contributed by atoms with Gasteiger partial charge in [-0.3, -0.25) is 9.48 Å². The summed E-state index contributed by atoms with van der Waals surface area (Å²) in [6.07, 6.45) is 1.89. The summed E-state index contributed by atoms with van der Waals surface area (Å²) in [6.45, 7) is 2.30. The molecule has 176 valence electrons. The van der Waals surface area contributed by atoms with Crippen molar-refractivity contribution in [2.45, 2.75) is 24.4 Å². The number of aryl methyl sites for hydroxylation is 2. The number of aromatic amines is 1. The number of hydrogen-bond donors (Lipinski definition) is 1. The minimum absolute atomic E-state index is 0.225. The lowest BCUT2D eigenvalue weighted by Crippen LogP contribution is -2.27. The molecule has 0 unspecified atom stereocenters. The fourth-order valence-electron chi connectivity index (χ4n) is 3.52. The number of nitrogens with zero attached hydrogens (tertiary/aromatic N) is 4. The number of amides is 1. The summed E-state index contributed by atoms with van der Waals surface area (Å²) in [6, 6.07) is 11.7. The van der Waals surface area contributed by atoms with E-state index in [1.807, 2.05) is 32.3 Å². The first-order chi connectivity index (χ1) is 16.2. The van der Waals surface area contributed by atoms with Crippen molar-refractivity contribution in [2.24, 2.45) is 7.05 Å². The third kappa shape index (κ3) is 5.29. The van der Waals surface area contributed by atoms with Crippen LogP contribution in [0.2, 0.25) is 10.0 Å². The summed E-state index contributed by atoms with van der Waals surface area (Å²) < 4.78 is 15.9. The van der Waals surface area contributed by atoms with Crippen LogP contribution in [0.1, 0.15) is 27.3 Å². The average Bonchev–Trinajstić information content (AvgIpc) is 3.35. The Morgan fingerprint density at radius 3 is 2.59 bits per heavy atom. The van der Waals surface area contributed by atoms with Gasteiger partial charge in [0.15, 0.2) is 5.16 Å². The molecule has 0 fully saturated rings. The molecule has 1 N–H and O–H groups in total. The van der Waals surface area contributed by atoms with Gasteiger partial charge in [0.25, 0.3) is 5.91 Å². The van der Waals surface area contributed by atoms with Crippen molar-refractivity contribution >= 4 is 40.9 Å². The molecule has 0 saturated carbocycles. The van der Waals surface area contributed by atoms with Gasteiger partial charge in [0.05, 0.1) is 5.69 Å². The highest BCUT2D eigenvalue weighted by atomic mass is 35.5. The topological polar surface area (TPSA) is 66.8 Å². The summed E-state index contributed by atoms with van der Waals surface area (Å²) in [5.74, 6) is -0.346. The first-order valence-corrected chi connectivity index (χ1v) is 12.1. The van der Waals surface area contributed by atoms with Crippen molar-refractivity contribution in [3.63, 3.8) is 0 Å².